The van der Waals surface area contributed by atoms with E-state index in [1.54, 1.807) is 7.11 Å². The molecule has 0 bridgehead atoms. The van der Waals surface area contributed by atoms with Gasteiger partial charge in [0, 0.05) is 13.7 Å². The van der Waals surface area contributed by atoms with Crippen molar-refractivity contribution in [3.05, 3.63) is 0 Å². The molecular formula is C9H19NO2. The van der Waals surface area contributed by atoms with Crippen LogP contribution in [0.25, 0.3) is 0 Å². The maximum Gasteiger partial charge on any atom is 0.0587 e. The summed E-state index contributed by atoms with van der Waals surface area (Å²) in [4.78, 5) is 0. The zero-order valence-electron chi connectivity index (χ0n) is 7.75. The third-order valence-corrected chi connectivity index (χ3v) is 2.43. The highest BCUT2D eigenvalue weighted by Crippen LogP contribution is 2.24. The molecule has 1 fully saturated rings. The average Bonchev–Trinajstić information content (AvgIpc) is 2.45. The number of rotatable bonds is 5. The van der Waals surface area contributed by atoms with Crippen LogP contribution < -0.4 is 5.32 Å². The molecule has 0 radical (unpaired) electrons. The number of aliphatic hydroxyl groups excluding tert-OH is 1. The van der Waals surface area contributed by atoms with Gasteiger partial charge in [-0.3, -0.25) is 0 Å². The maximum atomic E-state index is 9.25. The highest BCUT2D eigenvalue weighted by atomic mass is 16.5. The fraction of sp³-hybridized carbons (Fsp3) is 1.00. The molecule has 72 valence electrons. The van der Waals surface area contributed by atoms with Gasteiger partial charge in [-0.2, -0.15) is 0 Å². The summed E-state index contributed by atoms with van der Waals surface area (Å²) in [6.07, 6.45) is 3.08. The van der Waals surface area contributed by atoms with Crippen molar-refractivity contribution in [3.8, 4) is 0 Å². The van der Waals surface area contributed by atoms with Gasteiger partial charge in [0.15, 0.2) is 0 Å². The summed E-state index contributed by atoms with van der Waals surface area (Å²) < 4.78 is 4.92. The number of hydrogen-bond acceptors (Lipinski definition) is 3. The number of methoxy groups -OCH3 is 1. The van der Waals surface area contributed by atoms with Crippen molar-refractivity contribution >= 4 is 0 Å². The predicted molar refractivity (Wildman–Crippen MR) is 48.1 cm³/mol. The molecule has 0 amide bonds. The standard InChI is InChI=1S/C9H19NO2/c1-12-5-4-10-7-8-2-3-9(11)6-8/h8-11H,2-7H2,1H3. The Bertz CT molecular complexity index is 119. The van der Waals surface area contributed by atoms with E-state index in [0.717, 1.165) is 32.5 Å². The second-order valence-electron chi connectivity index (χ2n) is 3.53. The van der Waals surface area contributed by atoms with Gasteiger partial charge < -0.3 is 15.2 Å². The molecule has 1 aliphatic carbocycles. The maximum absolute atomic E-state index is 9.25. The molecule has 2 unspecified atom stereocenters. The van der Waals surface area contributed by atoms with Crippen LogP contribution in [0.2, 0.25) is 0 Å². The van der Waals surface area contributed by atoms with Crippen molar-refractivity contribution in [2.75, 3.05) is 26.8 Å². The molecule has 0 aromatic rings. The lowest BCUT2D eigenvalue weighted by Gasteiger charge is -2.09. The number of aliphatic hydroxyl groups is 1. The smallest absolute Gasteiger partial charge is 0.0587 e. The predicted octanol–water partition coefficient (Wildman–Crippen LogP) is 0.383. The van der Waals surface area contributed by atoms with Gasteiger partial charge >= 0.3 is 0 Å². The Hall–Kier alpha value is -0.120. The van der Waals surface area contributed by atoms with Gasteiger partial charge in [0.2, 0.25) is 0 Å². The Morgan fingerprint density at radius 1 is 1.50 bits per heavy atom. The molecule has 0 aromatic heterocycles. The molecule has 3 heteroatoms. The van der Waals surface area contributed by atoms with E-state index in [0.29, 0.717) is 5.92 Å². The van der Waals surface area contributed by atoms with Crippen LogP contribution in [0.15, 0.2) is 0 Å². The van der Waals surface area contributed by atoms with Crippen LogP contribution >= 0.6 is 0 Å². The van der Waals surface area contributed by atoms with Crippen LogP contribution in [-0.2, 0) is 4.74 Å². The van der Waals surface area contributed by atoms with Gasteiger partial charge in [-0.1, -0.05) is 0 Å². The number of nitrogens with one attached hydrogen (secondary N) is 1. The lowest BCUT2D eigenvalue weighted by Crippen LogP contribution is -2.25. The van der Waals surface area contributed by atoms with Crippen LogP contribution in [0.3, 0.4) is 0 Å². The summed E-state index contributed by atoms with van der Waals surface area (Å²) in [6, 6.07) is 0. The van der Waals surface area contributed by atoms with Gasteiger partial charge in [-0.05, 0) is 31.7 Å². The molecule has 0 saturated heterocycles. The van der Waals surface area contributed by atoms with Crippen LogP contribution in [0.5, 0.6) is 0 Å². The Morgan fingerprint density at radius 3 is 2.92 bits per heavy atom. The molecular weight excluding hydrogens is 154 g/mol. The van der Waals surface area contributed by atoms with Crippen molar-refractivity contribution < 1.29 is 9.84 Å². The van der Waals surface area contributed by atoms with Crippen molar-refractivity contribution in [2.24, 2.45) is 5.92 Å². The molecule has 0 heterocycles. The second-order valence-corrected chi connectivity index (χ2v) is 3.53. The van der Waals surface area contributed by atoms with E-state index < -0.39 is 0 Å². The normalized spacial score (nSPS) is 29.5. The van der Waals surface area contributed by atoms with E-state index in [-0.39, 0.29) is 6.10 Å². The highest BCUT2D eigenvalue weighted by Gasteiger charge is 2.21. The minimum absolute atomic E-state index is 0.0424. The minimum Gasteiger partial charge on any atom is -0.393 e. The van der Waals surface area contributed by atoms with E-state index in [4.69, 9.17) is 4.74 Å². The summed E-state index contributed by atoms with van der Waals surface area (Å²) >= 11 is 0. The molecule has 3 nitrogen and oxygen atoms in total. The molecule has 2 N–H and O–H groups in total. The summed E-state index contributed by atoms with van der Waals surface area (Å²) in [5.41, 5.74) is 0. The van der Waals surface area contributed by atoms with Gasteiger partial charge in [0.05, 0.1) is 12.7 Å². The summed E-state index contributed by atoms with van der Waals surface area (Å²) in [5.74, 6) is 0.678. The van der Waals surface area contributed by atoms with E-state index in [9.17, 15) is 5.11 Å². The molecule has 1 rings (SSSR count). The highest BCUT2D eigenvalue weighted by molar-refractivity contribution is 4.75. The van der Waals surface area contributed by atoms with E-state index in [1.165, 1.54) is 6.42 Å². The average molecular weight is 173 g/mol. The first-order valence-electron chi connectivity index (χ1n) is 4.70. The van der Waals surface area contributed by atoms with Crippen molar-refractivity contribution in [3.63, 3.8) is 0 Å². The largest absolute Gasteiger partial charge is 0.393 e. The molecule has 0 aliphatic heterocycles. The molecule has 0 spiro atoms. The van der Waals surface area contributed by atoms with Crippen molar-refractivity contribution in [2.45, 2.75) is 25.4 Å². The molecule has 12 heavy (non-hydrogen) atoms. The fourth-order valence-electron chi connectivity index (χ4n) is 1.71. The SMILES string of the molecule is COCCNCC1CCC(O)C1. The summed E-state index contributed by atoms with van der Waals surface area (Å²) in [6.45, 7) is 2.72. The molecule has 2 atom stereocenters. The Balaban J connectivity index is 1.93. The lowest BCUT2D eigenvalue weighted by atomic mass is 10.1. The Labute approximate surface area is 74.1 Å². The van der Waals surface area contributed by atoms with Gasteiger partial charge in [0.25, 0.3) is 0 Å². The first-order chi connectivity index (χ1) is 5.83. The quantitative estimate of drug-likeness (QED) is 0.591. The number of ether oxygens (including phenoxy) is 1. The summed E-state index contributed by atoms with van der Waals surface area (Å²) in [5, 5.41) is 12.6. The zero-order chi connectivity index (χ0) is 8.81. The first-order valence-corrected chi connectivity index (χ1v) is 4.70. The van der Waals surface area contributed by atoms with Crippen LogP contribution in [-0.4, -0.2) is 38.0 Å². The lowest BCUT2D eigenvalue weighted by molar-refractivity contribution is 0.176. The monoisotopic (exact) mass is 173 g/mol. The second kappa shape index (κ2) is 5.51. The zero-order valence-corrected chi connectivity index (χ0v) is 7.75. The minimum atomic E-state index is -0.0424. The topological polar surface area (TPSA) is 41.5 Å². The number of hydrogen-bond donors (Lipinski definition) is 2. The van der Waals surface area contributed by atoms with Crippen molar-refractivity contribution in [1.29, 1.82) is 0 Å². The van der Waals surface area contributed by atoms with E-state index in [1.807, 2.05) is 0 Å². The van der Waals surface area contributed by atoms with Crippen LogP contribution in [0.1, 0.15) is 19.3 Å². The van der Waals surface area contributed by atoms with Crippen molar-refractivity contribution in [1.82, 2.24) is 5.32 Å². The Morgan fingerprint density at radius 2 is 2.33 bits per heavy atom. The van der Waals surface area contributed by atoms with Crippen LogP contribution in [0.4, 0.5) is 0 Å². The van der Waals surface area contributed by atoms with E-state index >= 15 is 0 Å². The third-order valence-electron chi connectivity index (χ3n) is 2.43. The molecule has 0 aromatic carbocycles. The Kier molecular flexibility index (Phi) is 4.58. The van der Waals surface area contributed by atoms with Gasteiger partial charge in [0.1, 0.15) is 0 Å². The molecule has 1 saturated carbocycles. The third kappa shape index (κ3) is 3.52. The molecule has 1 aliphatic rings. The summed E-state index contributed by atoms with van der Waals surface area (Å²) in [7, 11) is 1.71. The fourth-order valence-corrected chi connectivity index (χ4v) is 1.71. The van der Waals surface area contributed by atoms with Crippen LogP contribution in [0, 0.1) is 5.92 Å². The van der Waals surface area contributed by atoms with Gasteiger partial charge in [-0.25, -0.2) is 0 Å². The van der Waals surface area contributed by atoms with E-state index in [2.05, 4.69) is 5.32 Å². The van der Waals surface area contributed by atoms with Gasteiger partial charge in [-0.15, -0.1) is 0 Å². The first kappa shape index (κ1) is 9.96.